The molecular weight excluding hydrogens is 302 g/mol. The number of amides is 1. The largest absolute Gasteiger partial charge is 0.465 e. The minimum absolute atomic E-state index is 0.0275. The highest BCUT2D eigenvalue weighted by atomic mass is 16.6. The molecular formula is C14H15N5O4. The van der Waals surface area contributed by atoms with E-state index in [1.165, 1.54) is 12.1 Å². The number of rotatable bonds is 6. The molecule has 0 fully saturated rings. The Kier molecular flexibility index (Phi) is 5.03. The SMILES string of the molecule is CN(c1ccc([N+](=O)[O-])cc1)c1cnc(CCNC(=O)O)nc1. The van der Waals surface area contributed by atoms with Crippen molar-refractivity contribution in [2.75, 3.05) is 18.5 Å². The summed E-state index contributed by atoms with van der Waals surface area (Å²) in [6, 6.07) is 6.14. The number of aromatic nitrogens is 2. The maximum atomic E-state index is 10.6. The van der Waals surface area contributed by atoms with Crippen molar-refractivity contribution in [1.29, 1.82) is 0 Å². The summed E-state index contributed by atoms with van der Waals surface area (Å²) in [5, 5.41) is 21.4. The van der Waals surface area contributed by atoms with Gasteiger partial charge in [0.25, 0.3) is 5.69 Å². The molecule has 0 aliphatic carbocycles. The van der Waals surface area contributed by atoms with Gasteiger partial charge in [0.1, 0.15) is 5.82 Å². The van der Waals surface area contributed by atoms with Gasteiger partial charge in [-0.15, -0.1) is 0 Å². The first kappa shape index (κ1) is 16.1. The van der Waals surface area contributed by atoms with Gasteiger partial charge in [-0.2, -0.15) is 0 Å². The van der Waals surface area contributed by atoms with Crippen molar-refractivity contribution < 1.29 is 14.8 Å². The summed E-state index contributed by atoms with van der Waals surface area (Å²) in [4.78, 5) is 30.7. The topological polar surface area (TPSA) is 121 Å². The smallest absolute Gasteiger partial charge is 0.404 e. The third kappa shape index (κ3) is 4.37. The van der Waals surface area contributed by atoms with Crippen molar-refractivity contribution in [3.8, 4) is 0 Å². The van der Waals surface area contributed by atoms with E-state index in [0.717, 1.165) is 5.69 Å². The van der Waals surface area contributed by atoms with E-state index in [1.807, 2.05) is 0 Å². The Labute approximate surface area is 131 Å². The van der Waals surface area contributed by atoms with E-state index in [4.69, 9.17) is 5.11 Å². The van der Waals surface area contributed by atoms with Crippen LogP contribution in [-0.4, -0.2) is 39.7 Å². The highest BCUT2D eigenvalue weighted by Crippen LogP contribution is 2.24. The van der Waals surface area contributed by atoms with Crippen molar-refractivity contribution in [3.63, 3.8) is 0 Å². The second kappa shape index (κ2) is 7.16. The maximum Gasteiger partial charge on any atom is 0.404 e. The predicted octanol–water partition coefficient (Wildman–Crippen LogP) is 1.96. The zero-order valence-corrected chi connectivity index (χ0v) is 12.3. The van der Waals surface area contributed by atoms with E-state index >= 15 is 0 Å². The van der Waals surface area contributed by atoms with E-state index in [0.29, 0.717) is 17.9 Å². The van der Waals surface area contributed by atoms with Crippen molar-refractivity contribution in [2.45, 2.75) is 6.42 Å². The molecule has 9 nitrogen and oxygen atoms in total. The fourth-order valence-corrected chi connectivity index (χ4v) is 1.88. The first-order chi connectivity index (χ1) is 11.0. The Balaban J connectivity index is 2.03. The molecule has 2 aromatic rings. The van der Waals surface area contributed by atoms with Crippen molar-refractivity contribution in [2.24, 2.45) is 0 Å². The summed E-state index contributed by atoms with van der Waals surface area (Å²) in [5.74, 6) is 0.527. The number of carboxylic acid groups (broad SMARTS) is 1. The normalized spacial score (nSPS) is 10.1. The molecule has 1 heterocycles. The quantitative estimate of drug-likeness (QED) is 0.617. The van der Waals surface area contributed by atoms with E-state index < -0.39 is 11.0 Å². The van der Waals surface area contributed by atoms with Gasteiger partial charge in [0, 0.05) is 37.8 Å². The minimum Gasteiger partial charge on any atom is -0.465 e. The monoisotopic (exact) mass is 317 g/mol. The lowest BCUT2D eigenvalue weighted by atomic mass is 10.2. The van der Waals surface area contributed by atoms with Gasteiger partial charge in [0.05, 0.1) is 23.0 Å². The van der Waals surface area contributed by atoms with Crippen LogP contribution in [0.3, 0.4) is 0 Å². The molecule has 0 bridgehead atoms. The summed E-state index contributed by atoms with van der Waals surface area (Å²) in [5.41, 5.74) is 1.51. The van der Waals surface area contributed by atoms with E-state index in [2.05, 4.69) is 15.3 Å². The molecule has 0 unspecified atom stereocenters. The second-order valence-corrected chi connectivity index (χ2v) is 4.67. The molecule has 1 aromatic carbocycles. The molecule has 9 heteroatoms. The van der Waals surface area contributed by atoms with Crippen molar-refractivity contribution in [1.82, 2.24) is 15.3 Å². The number of nitro benzene ring substituents is 1. The Morgan fingerprint density at radius 1 is 1.26 bits per heavy atom. The first-order valence-electron chi connectivity index (χ1n) is 6.73. The van der Waals surface area contributed by atoms with Crippen molar-refractivity contribution in [3.05, 3.63) is 52.6 Å². The van der Waals surface area contributed by atoms with Gasteiger partial charge in [-0.05, 0) is 12.1 Å². The van der Waals surface area contributed by atoms with Gasteiger partial charge in [0.2, 0.25) is 0 Å². The third-order valence-corrected chi connectivity index (χ3v) is 3.15. The summed E-state index contributed by atoms with van der Waals surface area (Å²) in [7, 11) is 1.80. The van der Waals surface area contributed by atoms with E-state index in [1.54, 1.807) is 36.5 Å². The zero-order valence-electron chi connectivity index (χ0n) is 12.3. The summed E-state index contributed by atoms with van der Waals surface area (Å²) >= 11 is 0. The summed E-state index contributed by atoms with van der Waals surface area (Å²) in [6.07, 6.45) is 2.54. The molecule has 2 N–H and O–H groups in total. The van der Waals surface area contributed by atoms with Crippen LogP contribution in [0.15, 0.2) is 36.7 Å². The van der Waals surface area contributed by atoms with Crippen LogP contribution in [0.1, 0.15) is 5.82 Å². The summed E-state index contributed by atoms with van der Waals surface area (Å²) < 4.78 is 0. The molecule has 1 amide bonds. The Hall–Kier alpha value is -3.23. The van der Waals surface area contributed by atoms with E-state index in [9.17, 15) is 14.9 Å². The van der Waals surface area contributed by atoms with Crippen molar-refractivity contribution >= 4 is 23.2 Å². The van der Waals surface area contributed by atoms with Gasteiger partial charge in [0.15, 0.2) is 0 Å². The lowest BCUT2D eigenvalue weighted by Crippen LogP contribution is -2.23. The van der Waals surface area contributed by atoms with Gasteiger partial charge >= 0.3 is 6.09 Å². The van der Waals surface area contributed by atoms with Crippen LogP contribution in [0, 0.1) is 10.1 Å². The number of hydrogen-bond acceptors (Lipinski definition) is 6. The van der Waals surface area contributed by atoms with Crippen LogP contribution in [0.2, 0.25) is 0 Å². The number of nitrogens with one attached hydrogen (secondary N) is 1. The van der Waals surface area contributed by atoms with Crippen LogP contribution in [-0.2, 0) is 6.42 Å². The average molecular weight is 317 g/mol. The van der Waals surface area contributed by atoms with Gasteiger partial charge in [-0.3, -0.25) is 10.1 Å². The van der Waals surface area contributed by atoms with Crippen LogP contribution >= 0.6 is 0 Å². The number of carbonyl (C=O) groups is 1. The molecule has 0 radical (unpaired) electrons. The van der Waals surface area contributed by atoms with Crippen LogP contribution in [0.4, 0.5) is 21.9 Å². The molecule has 0 spiro atoms. The maximum absolute atomic E-state index is 10.6. The second-order valence-electron chi connectivity index (χ2n) is 4.67. The number of non-ortho nitro benzene ring substituents is 1. The van der Waals surface area contributed by atoms with Gasteiger partial charge in [-0.25, -0.2) is 14.8 Å². The molecule has 0 saturated heterocycles. The van der Waals surface area contributed by atoms with Gasteiger partial charge in [-0.1, -0.05) is 0 Å². The molecule has 0 aliphatic rings. The van der Waals surface area contributed by atoms with Crippen LogP contribution in [0.5, 0.6) is 0 Å². The van der Waals surface area contributed by atoms with Crippen LogP contribution in [0.25, 0.3) is 0 Å². The van der Waals surface area contributed by atoms with E-state index in [-0.39, 0.29) is 12.2 Å². The van der Waals surface area contributed by atoms with Gasteiger partial charge < -0.3 is 15.3 Å². The zero-order chi connectivity index (χ0) is 16.8. The highest BCUT2D eigenvalue weighted by Gasteiger charge is 2.09. The fourth-order valence-electron chi connectivity index (χ4n) is 1.88. The molecule has 23 heavy (non-hydrogen) atoms. The number of benzene rings is 1. The molecule has 0 atom stereocenters. The number of hydrogen-bond donors (Lipinski definition) is 2. The lowest BCUT2D eigenvalue weighted by molar-refractivity contribution is -0.384. The molecule has 0 saturated carbocycles. The Morgan fingerprint density at radius 3 is 2.39 bits per heavy atom. The fraction of sp³-hybridized carbons (Fsp3) is 0.214. The number of nitrogens with zero attached hydrogens (tertiary/aromatic N) is 4. The summed E-state index contributed by atoms with van der Waals surface area (Å²) in [6.45, 7) is 0.243. The predicted molar refractivity (Wildman–Crippen MR) is 82.9 cm³/mol. The molecule has 0 aliphatic heterocycles. The Morgan fingerprint density at radius 2 is 1.87 bits per heavy atom. The standard InChI is InChI=1S/C14H15N5O4/c1-18(10-2-4-11(5-3-10)19(22)23)12-8-16-13(17-9-12)6-7-15-14(20)21/h2-5,8-9,15H,6-7H2,1H3,(H,20,21). The average Bonchev–Trinajstić information content (AvgIpc) is 2.54. The number of anilines is 2. The third-order valence-electron chi connectivity index (χ3n) is 3.15. The number of nitro groups is 1. The molecule has 1 aromatic heterocycles. The first-order valence-corrected chi connectivity index (χ1v) is 6.73. The van der Waals surface area contributed by atoms with Crippen LogP contribution < -0.4 is 10.2 Å². The highest BCUT2D eigenvalue weighted by molar-refractivity contribution is 5.64. The lowest BCUT2D eigenvalue weighted by Gasteiger charge is -2.18. The Bertz CT molecular complexity index is 687. The molecule has 2 rings (SSSR count). The molecule has 120 valence electrons. The minimum atomic E-state index is -1.08.